The van der Waals surface area contributed by atoms with E-state index in [1.165, 1.54) is 6.07 Å². The molecule has 1 fully saturated rings. The Morgan fingerprint density at radius 3 is 2.31 bits per heavy atom. The van der Waals surface area contributed by atoms with Crippen LogP contribution in [0.2, 0.25) is 0 Å². The zero-order valence-corrected chi connectivity index (χ0v) is 15.6. The third-order valence-corrected chi connectivity index (χ3v) is 5.53. The van der Waals surface area contributed by atoms with Gasteiger partial charge in [-0.1, -0.05) is 12.1 Å². The molecule has 0 spiro atoms. The molecular weight excluding hydrogens is 363 g/mol. The average Bonchev–Trinajstić information content (AvgIpc) is 3.53. The number of aromatic nitrogens is 4. The number of hydrogen-bond acceptors (Lipinski definition) is 3. The fraction of sp³-hybridized carbons (Fsp3) is 0.125. The quantitative estimate of drug-likeness (QED) is 0.407. The topological polar surface area (TPSA) is 43.1 Å². The molecule has 0 unspecified atom stereocenters. The van der Waals surface area contributed by atoms with Gasteiger partial charge < -0.3 is 0 Å². The number of nitrogens with zero attached hydrogens (tertiary/aromatic N) is 4. The largest absolute Gasteiger partial charge is 0.256 e. The molecule has 140 valence electrons. The summed E-state index contributed by atoms with van der Waals surface area (Å²) in [7, 11) is 0. The molecule has 4 heterocycles. The van der Waals surface area contributed by atoms with E-state index < -0.39 is 0 Å². The average molecular weight is 380 g/mol. The van der Waals surface area contributed by atoms with Crippen LogP contribution in [0.5, 0.6) is 0 Å². The Hall–Kier alpha value is -3.60. The first-order chi connectivity index (χ1) is 14.3. The van der Waals surface area contributed by atoms with Gasteiger partial charge in [0.1, 0.15) is 11.5 Å². The van der Waals surface area contributed by atoms with Crippen molar-refractivity contribution in [2.45, 2.75) is 18.8 Å². The molecule has 0 bridgehead atoms. The van der Waals surface area contributed by atoms with Crippen molar-refractivity contribution in [3.05, 3.63) is 84.6 Å². The van der Waals surface area contributed by atoms with Crippen molar-refractivity contribution >= 4 is 16.3 Å². The second-order valence-electron chi connectivity index (χ2n) is 7.49. The molecule has 0 aliphatic heterocycles. The third kappa shape index (κ3) is 2.62. The molecule has 6 rings (SSSR count). The minimum atomic E-state index is -0.229. The number of hydrogen-bond donors (Lipinski definition) is 0. The molecule has 5 heteroatoms. The van der Waals surface area contributed by atoms with E-state index in [4.69, 9.17) is 5.10 Å². The molecule has 4 aromatic heterocycles. The number of pyridine rings is 3. The number of rotatable bonds is 3. The molecule has 1 aromatic carbocycles. The van der Waals surface area contributed by atoms with E-state index in [2.05, 4.69) is 16.0 Å². The Labute approximate surface area is 166 Å². The zero-order chi connectivity index (χ0) is 19.4. The van der Waals surface area contributed by atoms with Gasteiger partial charge in [-0.05, 0) is 66.8 Å². The van der Waals surface area contributed by atoms with Crippen LogP contribution in [0, 0.1) is 5.82 Å². The molecule has 5 aromatic rings. The van der Waals surface area contributed by atoms with Crippen LogP contribution >= 0.6 is 0 Å². The van der Waals surface area contributed by atoms with E-state index >= 15 is 0 Å². The van der Waals surface area contributed by atoms with Crippen LogP contribution in [0.25, 0.3) is 38.9 Å². The lowest BCUT2D eigenvalue weighted by Crippen LogP contribution is -1.98. The van der Waals surface area contributed by atoms with E-state index in [-0.39, 0.29) is 5.82 Å². The van der Waals surface area contributed by atoms with E-state index in [0.717, 1.165) is 57.5 Å². The Balaban J connectivity index is 1.81. The summed E-state index contributed by atoms with van der Waals surface area (Å²) in [5.41, 5.74) is 5.45. The lowest BCUT2D eigenvalue weighted by atomic mass is 10.0. The highest BCUT2D eigenvalue weighted by Crippen LogP contribution is 2.44. The number of halogens is 1. The van der Waals surface area contributed by atoms with Gasteiger partial charge in [0.05, 0.1) is 22.5 Å². The molecule has 0 saturated heterocycles. The van der Waals surface area contributed by atoms with E-state index in [1.54, 1.807) is 18.5 Å². The van der Waals surface area contributed by atoms with Gasteiger partial charge in [0.15, 0.2) is 0 Å². The van der Waals surface area contributed by atoms with Crippen LogP contribution in [0.15, 0.2) is 73.1 Å². The first-order valence-electron chi connectivity index (χ1n) is 9.77. The van der Waals surface area contributed by atoms with Crippen molar-refractivity contribution in [3.63, 3.8) is 0 Å². The zero-order valence-electron chi connectivity index (χ0n) is 15.6. The Bertz CT molecular complexity index is 1360. The number of benzene rings is 1. The summed E-state index contributed by atoms with van der Waals surface area (Å²) in [5, 5.41) is 6.87. The Morgan fingerprint density at radius 1 is 0.862 bits per heavy atom. The van der Waals surface area contributed by atoms with Crippen molar-refractivity contribution in [1.29, 1.82) is 0 Å². The molecule has 1 aliphatic carbocycles. The van der Waals surface area contributed by atoms with Crippen molar-refractivity contribution in [2.24, 2.45) is 0 Å². The summed E-state index contributed by atoms with van der Waals surface area (Å²) < 4.78 is 16.1. The van der Waals surface area contributed by atoms with Gasteiger partial charge in [-0.3, -0.25) is 9.97 Å². The maximum Gasteiger partial charge on any atom is 0.123 e. The standard InChI is InChI=1S/C24H17FN4/c25-17-9-10-18-16(13-17)14-21(15-7-8-15)29-24(18)22(19-5-1-3-11-26-19)23(28-29)20-6-2-4-12-27-20/h1-6,9-15H,7-8H2. The highest BCUT2D eigenvalue weighted by atomic mass is 19.1. The van der Waals surface area contributed by atoms with Crippen LogP contribution in [-0.2, 0) is 0 Å². The summed E-state index contributed by atoms with van der Waals surface area (Å²) in [5.74, 6) is 0.227. The van der Waals surface area contributed by atoms with Gasteiger partial charge in [-0.15, -0.1) is 0 Å². The van der Waals surface area contributed by atoms with E-state index in [9.17, 15) is 4.39 Å². The SMILES string of the molecule is Fc1ccc2c(c1)cc(C1CC1)n1nc(-c3ccccn3)c(-c3ccccn3)c21. The molecule has 1 aliphatic rings. The molecule has 0 radical (unpaired) electrons. The summed E-state index contributed by atoms with van der Waals surface area (Å²) in [6, 6.07) is 18.7. The highest BCUT2D eigenvalue weighted by molar-refractivity contribution is 6.06. The van der Waals surface area contributed by atoms with Crippen molar-refractivity contribution in [2.75, 3.05) is 0 Å². The Kier molecular flexibility index (Phi) is 3.50. The Morgan fingerprint density at radius 2 is 1.62 bits per heavy atom. The van der Waals surface area contributed by atoms with Crippen LogP contribution in [-0.4, -0.2) is 19.6 Å². The predicted molar refractivity (Wildman–Crippen MR) is 111 cm³/mol. The minimum Gasteiger partial charge on any atom is -0.256 e. The lowest BCUT2D eigenvalue weighted by molar-refractivity contribution is 0.629. The summed E-state index contributed by atoms with van der Waals surface area (Å²) >= 11 is 0. The maximum atomic E-state index is 14.0. The first-order valence-corrected chi connectivity index (χ1v) is 9.77. The van der Waals surface area contributed by atoms with Gasteiger partial charge in [0.25, 0.3) is 0 Å². The van der Waals surface area contributed by atoms with Crippen LogP contribution in [0.4, 0.5) is 4.39 Å². The fourth-order valence-electron chi connectivity index (χ4n) is 4.05. The van der Waals surface area contributed by atoms with E-state index in [0.29, 0.717) is 5.92 Å². The van der Waals surface area contributed by atoms with Gasteiger partial charge in [-0.2, -0.15) is 5.10 Å². The second-order valence-corrected chi connectivity index (χ2v) is 7.49. The summed E-state index contributed by atoms with van der Waals surface area (Å²) in [4.78, 5) is 9.17. The monoisotopic (exact) mass is 380 g/mol. The second kappa shape index (κ2) is 6.21. The number of fused-ring (bicyclic) bond motifs is 3. The normalized spacial score (nSPS) is 14.0. The van der Waals surface area contributed by atoms with Gasteiger partial charge in [-0.25, -0.2) is 8.91 Å². The molecule has 4 nitrogen and oxygen atoms in total. The van der Waals surface area contributed by atoms with Gasteiger partial charge in [0.2, 0.25) is 0 Å². The lowest BCUT2D eigenvalue weighted by Gasteiger charge is -2.09. The maximum absolute atomic E-state index is 14.0. The van der Waals surface area contributed by atoms with Crippen LogP contribution in [0.3, 0.4) is 0 Å². The minimum absolute atomic E-state index is 0.229. The highest BCUT2D eigenvalue weighted by Gasteiger charge is 2.30. The molecule has 0 amide bonds. The summed E-state index contributed by atoms with van der Waals surface area (Å²) in [6.45, 7) is 0. The summed E-state index contributed by atoms with van der Waals surface area (Å²) in [6.07, 6.45) is 5.83. The molecule has 0 atom stereocenters. The van der Waals surface area contributed by atoms with E-state index in [1.807, 2.05) is 47.0 Å². The van der Waals surface area contributed by atoms with Crippen LogP contribution in [0.1, 0.15) is 24.5 Å². The van der Waals surface area contributed by atoms with Crippen molar-refractivity contribution in [1.82, 2.24) is 19.6 Å². The third-order valence-electron chi connectivity index (χ3n) is 5.53. The van der Waals surface area contributed by atoms with Gasteiger partial charge in [0, 0.05) is 29.4 Å². The molecule has 29 heavy (non-hydrogen) atoms. The van der Waals surface area contributed by atoms with Crippen LogP contribution < -0.4 is 0 Å². The van der Waals surface area contributed by atoms with Crippen molar-refractivity contribution < 1.29 is 4.39 Å². The fourth-order valence-corrected chi connectivity index (χ4v) is 4.05. The van der Waals surface area contributed by atoms with Gasteiger partial charge >= 0.3 is 0 Å². The molecular formula is C24H17FN4. The molecule has 1 saturated carbocycles. The smallest absolute Gasteiger partial charge is 0.123 e. The first kappa shape index (κ1) is 16.4. The van der Waals surface area contributed by atoms with Crippen molar-refractivity contribution in [3.8, 4) is 22.6 Å². The molecule has 0 N–H and O–H groups in total. The predicted octanol–water partition coefficient (Wildman–Crippen LogP) is 5.63.